The number of nitrogens with zero attached hydrogens (tertiary/aromatic N) is 4. The molecule has 1 aliphatic rings. The smallest absolute Gasteiger partial charge is 0.272 e. The minimum absolute atomic E-state index is 0.0689. The number of benzene rings is 1. The molecule has 1 saturated carbocycles. The summed E-state index contributed by atoms with van der Waals surface area (Å²) in [6.07, 6.45) is 4.89. The molecular formula is C19H16F2N6O2S. The van der Waals surface area contributed by atoms with Gasteiger partial charge in [0.15, 0.2) is 11.5 Å². The van der Waals surface area contributed by atoms with Gasteiger partial charge in [0.1, 0.15) is 23.0 Å². The lowest BCUT2D eigenvalue weighted by atomic mass is 10.3. The number of hydrogen-bond acceptors (Lipinski definition) is 6. The molecule has 3 aromatic rings. The van der Waals surface area contributed by atoms with Crippen LogP contribution in [0.2, 0.25) is 0 Å². The van der Waals surface area contributed by atoms with E-state index in [2.05, 4.69) is 25.7 Å². The average Bonchev–Trinajstić information content (AvgIpc) is 3.40. The number of rotatable bonds is 7. The van der Waals surface area contributed by atoms with Gasteiger partial charge >= 0.3 is 0 Å². The van der Waals surface area contributed by atoms with E-state index in [1.54, 1.807) is 18.3 Å². The largest absolute Gasteiger partial charge is 0.348 e. The van der Waals surface area contributed by atoms with Crippen molar-refractivity contribution in [3.63, 3.8) is 0 Å². The summed E-state index contributed by atoms with van der Waals surface area (Å²) in [5, 5.41) is 9.88. The lowest BCUT2D eigenvalue weighted by Crippen LogP contribution is -2.25. The van der Waals surface area contributed by atoms with Gasteiger partial charge < -0.3 is 10.6 Å². The molecular weight excluding hydrogens is 414 g/mol. The zero-order valence-electron chi connectivity index (χ0n) is 15.5. The van der Waals surface area contributed by atoms with Crippen molar-refractivity contribution < 1.29 is 18.4 Å². The highest BCUT2D eigenvalue weighted by Gasteiger charge is 2.24. The molecule has 30 heavy (non-hydrogen) atoms. The summed E-state index contributed by atoms with van der Waals surface area (Å²) >= 11 is 1.10. The van der Waals surface area contributed by atoms with Gasteiger partial charge in [-0.3, -0.25) is 9.59 Å². The van der Waals surface area contributed by atoms with Crippen LogP contribution in [0.5, 0.6) is 0 Å². The third-order valence-corrected chi connectivity index (χ3v) is 5.08. The first-order chi connectivity index (χ1) is 14.5. The molecule has 0 saturated heterocycles. The number of thioether (sulfide) groups is 1. The Morgan fingerprint density at radius 3 is 2.80 bits per heavy atom. The van der Waals surface area contributed by atoms with Crippen molar-refractivity contribution in [3.05, 3.63) is 60.2 Å². The highest BCUT2D eigenvalue weighted by Crippen LogP contribution is 2.20. The van der Waals surface area contributed by atoms with E-state index in [9.17, 15) is 18.4 Å². The van der Waals surface area contributed by atoms with Gasteiger partial charge in [-0.1, -0.05) is 11.8 Å². The number of aromatic nitrogens is 4. The van der Waals surface area contributed by atoms with Crippen LogP contribution in [0.4, 0.5) is 14.5 Å². The predicted octanol–water partition coefficient (Wildman–Crippen LogP) is 2.56. The van der Waals surface area contributed by atoms with E-state index in [1.807, 2.05) is 0 Å². The Hall–Kier alpha value is -3.34. The van der Waals surface area contributed by atoms with Gasteiger partial charge in [-0.15, -0.1) is 0 Å². The zero-order valence-corrected chi connectivity index (χ0v) is 16.3. The van der Waals surface area contributed by atoms with Crippen molar-refractivity contribution in [3.8, 4) is 5.82 Å². The normalized spacial score (nSPS) is 13.1. The van der Waals surface area contributed by atoms with Crippen molar-refractivity contribution >= 4 is 29.3 Å². The highest BCUT2D eigenvalue weighted by atomic mass is 32.2. The molecule has 2 aromatic heterocycles. The Bertz CT molecular complexity index is 1100. The number of nitrogens with one attached hydrogen (secondary N) is 2. The zero-order chi connectivity index (χ0) is 21.1. The van der Waals surface area contributed by atoms with Crippen molar-refractivity contribution in [2.24, 2.45) is 0 Å². The van der Waals surface area contributed by atoms with Crippen LogP contribution in [0.3, 0.4) is 0 Å². The second-order valence-corrected chi connectivity index (χ2v) is 7.56. The van der Waals surface area contributed by atoms with Crippen molar-refractivity contribution in [2.75, 3.05) is 11.1 Å². The molecule has 2 N–H and O–H groups in total. The average molecular weight is 430 g/mol. The summed E-state index contributed by atoms with van der Waals surface area (Å²) in [5.41, 5.74) is 0.0590. The number of anilines is 1. The third-order valence-electron chi connectivity index (χ3n) is 4.15. The molecule has 0 unspecified atom stereocenters. The second kappa shape index (κ2) is 8.57. The number of halogens is 2. The van der Waals surface area contributed by atoms with Gasteiger partial charge in [0.25, 0.3) is 5.91 Å². The summed E-state index contributed by atoms with van der Waals surface area (Å²) in [7, 11) is 0. The van der Waals surface area contributed by atoms with Crippen LogP contribution in [-0.4, -0.2) is 43.4 Å². The second-order valence-electron chi connectivity index (χ2n) is 6.57. The molecule has 4 rings (SSSR count). The van der Waals surface area contributed by atoms with Crippen LogP contribution in [0.1, 0.15) is 23.3 Å². The van der Waals surface area contributed by atoms with E-state index in [-0.39, 0.29) is 29.1 Å². The monoisotopic (exact) mass is 430 g/mol. The molecule has 1 aliphatic carbocycles. The van der Waals surface area contributed by atoms with Crippen LogP contribution < -0.4 is 10.6 Å². The molecule has 0 spiro atoms. The predicted molar refractivity (Wildman–Crippen MR) is 105 cm³/mol. The summed E-state index contributed by atoms with van der Waals surface area (Å²) < 4.78 is 28.3. The lowest BCUT2D eigenvalue weighted by Gasteiger charge is -2.07. The molecule has 2 amide bonds. The van der Waals surface area contributed by atoms with Crippen molar-refractivity contribution in [1.29, 1.82) is 0 Å². The molecule has 2 heterocycles. The SMILES string of the molecule is O=C(CSc1cc(-n2ccc(C(=O)NC3CC3)n2)ncn1)Nc1cc(F)ccc1F. The maximum atomic E-state index is 13.6. The van der Waals surface area contributed by atoms with E-state index in [4.69, 9.17) is 0 Å². The number of hydrogen-bond donors (Lipinski definition) is 2. The van der Waals surface area contributed by atoms with E-state index in [0.717, 1.165) is 42.8 Å². The highest BCUT2D eigenvalue weighted by molar-refractivity contribution is 7.99. The van der Waals surface area contributed by atoms with Gasteiger partial charge in [0, 0.05) is 24.4 Å². The van der Waals surface area contributed by atoms with Crippen molar-refractivity contribution in [1.82, 2.24) is 25.1 Å². The van der Waals surface area contributed by atoms with E-state index in [0.29, 0.717) is 10.8 Å². The molecule has 0 aliphatic heterocycles. The topological polar surface area (TPSA) is 102 Å². The number of carbonyl (C=O) groups is 2. The van der Waals surface area contributed by atoms with Crippen molar-refractivity contribution in [2.45, 2.75) is 23.9 Å². The van der Waals surface area contributed by atoms with E-state index in [1.165, 1.54) is 11.0 Å². The maximum Gasteiger partial charge on any atom is 0.272 e. The van der Waals surface area contributed by atoms with Gasteiger partial charge in [-0.2, -0.15) is 5.10 Å². The Morgan fingerprint density at radius 2 is 2.00 bits per heavy atom. The minimum Gasteiger partial charge on any atom is -0.348 e. The third kappa shape index (κ3) is 4.98. The Kier molecular flexibility index (Phi) is 5.70. The number of carbonyl (C=O) groups excluding carboxylic acids is 2. The number of amides is 2. The molecule has 1 aromatic carbocycles. The van der Waals surface area contributed by atoms with Crippen LogP contribution in [0.25, 0.3) is 5.82 Å². The molecule has 11 heteroatoms. The summed E-state index contributed by atoms with van der Waals surface area (Å²) in [6.45, 7) is 0. The molecule has 0 bridgehead atoms. The molecule has 1 fully saturated rings. The maximum absolute atomic E-state index is 13.6. The van der Waals surface area contributed by atoms with Crippen LogP contribution >= 0.6 is 11.8 Å². The Balaban J connectivity index is 1.37. The Morgan fingerprint density at radius 1 is 1.17 bits per heavy atom. The van der Waals surface area contributed by atoms with Crippen LogP contribution in [0, 0.1) is 11.6 Å². The molecule has 8 nitrogen and oxygen atoms in total. The molecule has 154 valence electrons. The first-order valence-electron chi connectivity index (χ1n) is 9.04. The minimum atomic E-state index is -0.723. The fourth-order valence-electron chi connectivity index (χ4n) is 2.51. The summed E-state index contributed by atoms with van der Waals surface area (Å²) in [6, 6.07) is 6.26. The van der Waals surface area contributed by atoms with Gasteiger partial charge in [0.05, 0.1) is 11.4 Å². The standard InChI is InChI=1S/C19H16F2N6O2S/c20-11-1-4-13(21)15(7-11)25-17(28)9-30-18-8-16(22-10-23-18)27-6-5-14(26-27)19(29)24-12-2-3-12/h1,4-8,10,12H,2-3,9H2,(H,24,29)(H,25,28). The van der Waals surface area contributed by atoms with Crippen LogP contribution in [0.15, 0.2) is 47.9 Å². The van der Waals surface area contributed by atoms with Crippen LogP contribution in [-0.2, 0) is 4.79 Å². The molecule has 0 radical (unpaired) electrons. The molecule has 0 atom stereocenters. The quantitative estimate of drug-likeness (QED) is 0.441. The van der Waals surface area contributed by atoms with E-state index < -0.39 is 17.5 Å². The first-order valence-corrected chi connectivity index (χ1v) is 10.0. The lowest BCUT2D eigenvalue weighted by molar-refractivity contribution is -0.113. The van der Waals surface area contributed by atoms with Gasteiger partial charge in [-0.25, -0.2) is 23.4 Å². The van der Waals surface area contributed by atoms with Gasteiger partial charge in [-0.05, 0) is 31.0 Å². The Labute approximate surface area is 174 Å². The van der Waals surface area contributed by atoms with E-state index >= 15 is 0 Å². The van der Waals surface area contributed by atoms with Gasteiger partial charge in [0.2, 0.25) is 5.91 Å². The summed E-state index contributed by atoms with van der Waals surface area (Å²) in [5.74, 6) is -1.76. The first kappa shape index (κ1) is 20.0. The fraction of sp³-hybridized carbons (Fsp3) is 0.211. The summed E-state index contributed by atoms with van der Waals surface area (Å²) in [4.78, 5) is 32.3. The fourth-order valence-corrected chi connectivity index (χ4v) is 3.17.